The predicted molar refractivity (Wildman–Crippen MR) is 87.5 cm³/mol. The summed E-state index contributed by atoms with van der Waals surface area (Å²) < 4.78 is 11.1. The molecule has 0 saturated heterocycles. The minimum absolute atomic E-state index is 0.667. The first kappa shape index (κ1) is 15.0. The van der Waals surface area contributed by atoms with E-state index in [0.717, 1.165) is 29.3 Å². The molecule has 0 aliphatic rings. The van der Waals surface area contributed by atoms with Crippen LogP contribution in [-0.2, 0) is 0 Å². The number of anilines is 3. The van der Waals surface area contributed by atoms with Crippen LogP contribution in [0.25, 0.3) is 0 Å². The Labute approximate surface area is 125 Å². The number of nitrogens with two attached hydrogens (primary N) is 1. The molecule has 21 heavy (non-hydrogen) atoms. The van der Waals surface area contributed by atoms with Crippen molar-refractivity contribution in [2.75, 3.05) is 24.3 Å². The fourth-order valence-electron chi connectivity index (χ4n) is 1.97. The molecule has 0 bridgehead atoms. The average Bonchev–Trinajstić information content (AvgIpc) is 2.47. The van der Waals surface area contributed by atoms with Crippen LogP contribution in [0.5, 0.6) is 11.5 Å². The smallest absolute Gasteiger partial charge is 0.123 e. The van der Waals surface area contributed by atoms with Crippen LogP contribution in [-0.4, -0.2) is 13.2 Å². The zero-order valence-electron chi connectivity index (χ0n) is 12.6. The van der Waals surface area contributed by atoms with E-state index in [1.807, 2.05) is 49.4 Å². The van der Waals surface area contributed by atoms with Gasteiger partial charge in [0.1, 0.15) is 11.5 Å². The molecule has 2 aromatic carbocycles. The predicted octanol–water partition coefficient (Wildman–Crippen LogP) is 4.20. The summed E-state index contributed by atoms with van der Waals surface area (Å²) in [5, 5.41) is 3.32. The molecular formula is C17H22N2O2. The lowest BCUT2D eigenvalue weighted by Crippen LogP contribution is -1.98. The van der Waals surface area contributed by atoms with Gasteiger partial charge < -0.3 is 20.5 Å². The van der Waals surface area contributed by atoms with Crippen LogP contribution in [0, 0.1) is 0 Å². The highest BCUT2D eigenvalue weighted by Gasteiger charge is 2.01. The Hall–Kier alpha value is -2.36. The maximum atomic E-state index is 5.91. The topological polar surface area (TPSA) is 56.5 Å². The summed E-state index contributed by atoms with van der Waals surface area (Å²) in [6, 6.07) is 13.5. The number of hydrogen-bond acceptors (Lipinski definition) is 4. The Morgan fingerprint density at radius 2 is 1.67 bits per heavy atom. The van der Waals surface area contributed by atoms with Crippen LogP contribution < -0.4 is 20.5 Å². The molecule has 0 unspecified atom stereocenters. The normalized spacial score (nSPS) is 10.2. The maximum Gasteiger partial charge on any atom is 0.123 e. The first-order valence-corrected chi connectivity index (χ1v) is 7.24. The second-order valence-corrected chi connectivity index (χ2v) is 4.72. The number of rotatable bonds is 7. The Kier molecular flexibility index (Phi) is 5.32. The molecule has 0 aliphatic heterocycles. The minimum atomic E-state index is 0.667. The summed E-state index contributed by atoms with van der Waals surface area (Å²) in [6.45, 7) is 5.40. The second-order valence-electron chi connectivity index (χ2n) is 4.72. The number of benzene rings is 2. The van der Waals surface area contributed by atoms with E-state index >= 15 is 0 Å². The molecule has 0 amide bonds. The summed E-state index contributed by atoms with van der Waals surface area (Å²) in [6.07, 6.45) is 0.969. The quantitative estimate of drug-likeness (QED) is 0.749. The third kappa shape index (κ3) is 4.60. The van der Waals surface area contributed by atoms with E-state index in [0.29, 0.717) is 18.9 Å². The summed E-state index contributed by atoms with van der Waals surface area (Å²) in [4.78, 5) is 0. The van der Waals surface area contributed by atoms with Gasteiger partial charge in [-0.25, -0.2) is 0 Å². The average molecular weight is 286 g/mol. The van der Waals surface area contributed by atoms with Gasteiger partial charge >= 0.3 is 0 Å². The van der Waals surface area contributed by atoms with E-state index in [-0.39, 0.29) is 0 Å². The summed E-state index contributed by atoms with van der Waals surface area (Å²) in [5.41, 5.74) is 8.47. The lowest BCUT2D eigenvalue weighted by atomic mass is 10.2. The van der Waals surface area contributed by atoms with Crippen molar-refractivity contribution < 1.29 is 9.47 Å². The third-order valence-electron chi connectivity index (χ3n) is 2.86. The first-order chi connectivity index (χ1) is 10.2. The fourth-order valence-corrected chi connectivity index (χ4v) is 1.97. The van der Waals surface area contributed by atoms with E-state index in [2.05, 4.69) is 12.2 Å². The van der Waals surface area contributed by atoms with Gasteiger partial charge in [0.05, 0.1) is 13.2 Å². The third-order valence-corrected chi connectivity index (χ3v) is 2.86. The van der Waals surface area contributed by atoms with E-state index in [1.165, 1.54) is 0 Å². The lowest BCUT2D eigenvalue weighted by Gasteiger charge is -2.11. The molecule has 2 rings (SSSR count). The van der Waals surface area contributed by atoms with Gasteiger partial charge in [-0.2, -0.15) is 0 Å². The van der Waals surface area contributed by atoms with Gasteiger partial charge in [0.25, 0.3) is 0 Å². The van der Waals surface area contributed by atoms with Crippen LogP contribution in [0.3, 0.4) is 0 Å². The molecule has 0 radical (unpaired) electrons. The molecule has 4 nitrogen and oxygen atoms in total. The Bertz CT molecular complexity index is 568. The van der Waals surface area contributed by atoms with E-state index in [4.69, 9.17) is 15.2 Å². The van der Waals surface area contributed by atoms with Gasteiger partial charge in [-0.05, 0) is 43.7 Å². The highest BCUT2D eigenvalue weighted by Crippen LogP contribution is 2.26. The largest absolute Gasteiger partial charge is 0.494 e. The Morgan fingerprint density at radius 1 is 0.905 bits per heavy atom. The molecule has 2 aromatic rings. The Balaban J connectivity index is 2.09. The number of ether oxygens (including phenoxy) is 2. The molecule has 0 spiro atoms. The summed E-state index contributed by atoms with van der Waals surface area (Å²) >= 11 is 0. The van der Waals surface area contributed by atoms with Gasteiger partial charge in [-0.1, -0.05) is 6.92 Å². The summed E-state index contributed by atoms with van der Waals surface area (Å²) in [5.74, 6) is 1.65. The monoisotopic (exact) mass is 286 g/mol. The SMILES string of the molecule is CCCOc1cc(N)cc(Nc2ccc(OCC)cc2)c1. The van der Waals surface area contributed by atoms with Crippen molar-refractivity contribution in [1.82, 2.24) is 0 Å². The van der Waals surface area contributed by atoms with Crippen molar-refractivity contribution in [3.8, 4) is 11.5 Å². The van der Waals surface area contributed by atoms with Crippen molar-refractivity contribution in [3.63, 3.8) is 0 Å². The van der Waals surface area contributed by atoms with Crippen molar-refractivity contribution in [3.05, 3.63) is 42.5 Å². The molecule has 112 valence electrons. The lowest BCUT2D eigenvalue weighted by molar-refractivity contribution is 0.318. The first-order valence-electron chi connectivity index (χ1n) is 7.24. The van der Waals surface area contributed by atoms with Crippen molar-refractivity contribution in [2.45, 2.75) is 20.3 Å². The van der Waals surface area contributed by atoms with Crippen LogP contribution in [0.1, 0.15) is 20.3 Å². The molecule has 3 N–H and O–H groups in total. The number of hydrogen-bond donors (Lipinski definition) is 2. The second kappa shape index (κ2) is 7.43. The van der Waals surface area contributed by atoms with Crippen LogP contribution in [0.2, 0.25) is 0 Å². The van der Waals surface area contributed by atoms with Crippen LogP contribution in [0.4, 0.5) is 17.1 Å². The van der Waals surface area contributed by atoms with E-state index < -0.39 is 0 Å². The minimum Gasteiger partial charge on any atom is -0.494 e. The molecule has 0 fully saturated rings. The molecule has 0 atom stereocenters. The highest BCUT2D eigenvalue weighted by atomic mass is 16.5. The highest BCUT2D eigenvalue weighted by molar-refractivity contribution is 5.66. The zero-order valence-corrected chi connectivity index (χ0v) is 12.6. The Morgan fingerprint density at radius 3 is 2.33 bits per heavy atom. The fraction of sp³-hybridized carbons (Fsp3) is 0.294. The van der Waals surface area contributed by atoms with E-state index in [1.54, 1.807) is 0 Å². The van der Waals surface area contributed by atoms with Crippen LogP contribution >= 0.6 is 0 Å². The van der Waals surface area contributed by atoms with Crippen molar-refractivity contribution >= 4 is 17.1 Å². The summed E-state index contributed by atoms with van der Waals surface area (Å²) in [7, 11) is 0. The zero-order chi connectivity index (χ0) is 15.1. The van der Waals surface area contributed by atoms with E-state index in [9.17, 15) is 0 Å². The number of nitrogens with one attached hydrogen (secondary N) is 1. The standard InChI is InChI=1S/C17H22N2O2/c1-3-9-21-17-11-13(18)10-15(12-17)19-14-5-7-16(8-6-14)20-4-2/h5-8,10-12,19H,3-4,9,18H2,1-2H3. The molecule has 0 saturated carbocycles. The van der Waals surface area contributed by atoms with Crippen molar-refractivity contribution in [1.29, 1.82) is 0 Å². The molecule has 0 aromatic heterocycles. The molecule has 0 aliphatic carbocycles. The van der Waals surface area contributed by atoms with Gasteiger partial charge in [-0.3, -0.25) is 0 Å². The van der Waals surface area contributed by atoms with Gasteiger partial charge in [-0.15, -0.1) is 0 Å². The van der Waals surface area contributed by atoms with Gasteiger partial charge in [0, 0.05) is 29.2 Å². The van der Waals surface area contributed by atoms with Gasteiger partial charge in [0.2, 0.25) is 0 Å². The van der Waals surface area contributed by atoms with Crippen LogP contribution in [0.15, 0.2) is 42.5 Å². The van der Waals surface area contributed by atoms with Crippen molar-refractivity contribution in [2.24, 2.45) is 0 Å². The molecular weight excluding hydrogens is 264 g/mol. The number of nitrogen functional groups attached to an aromatic ring is 1. The van der Waals surface area contributed by atoms with Gasteiger partial charge in [0.15, 0.2) is 0 Å². The maximum absolute atomic E-state index is 5.91. The molecule has 4 heteroatoms. The molecule has 0 heterocycles.